The molecular formula is C20H15ClFN3O4S. The second-order valence-corrected chi connectivity index (χ2v) is 8.27. The Balaban J connectivity index is 1.77. The number of carbonyl (C=O) groups is 2. The summed E-state index contributed by atoms with van der Waals surface area (Å²) in [5.74, 6) is -2.15. The molecule has 4 N–H and O–H groups in total. The SMILES string of the molecule is NC(=O)c1ccc(NS(=O)(=O)c2ccc(NC(=O)c3ccc(Cl)cc3)c(F)c2)cc1. The fourth-order valence-corrected chi connectivity index (χ4v) is 3.67. The number of halogens is 2. The van der Waals surface area contributed by atoms with E-state index in [0.29, 0.717) is 5.02 Å². The quantitative estimate of drug-likeness (QED) is 0.534. The van der Waals surface area contributed by atoms with Gasteiger partial charge in [0.25, 0.3) is 15.9 Å². The zero-order valence-corrected chi connectivity index (χ0v) is 16.8. The van der Waals surface area contributed by atoms with E-state index < -0.39 is 27.7 Å². The molecule has 3 aromatic carbocycles. The Morgan fingerprint density at radius 1 is 0.900 bits per heavy atom. The Bertz CT molecular complexity index is 1210. The minimum absolute atomic E-state index is 0.167. The van der Waals surface area contributed by atoms with Gasteiger partial charge in [0.15, 0.2) is 0 Å². The molecule has 0 aliphatic carbocycles. The molecule has 0 aliphatic rings. The standard InChI is InChI=1S/C20H15ClFN3O4S/c21-14-5-1-13(2-6-14)20(27)24-18-10-9-16(11-17(18)22)30(28,29)25-15-7-3-12(4-8-15)19(23)26/h1-11,25H,(H2,23,26)(H,24,27). The van der Waals surface area contributed by atoms with Crippen molar-refractivity contribution >= 4 is 44.8 Å². The maximum absolute atomic E-state index is 14.4. The summed E-state index contributed by atoms with van der Waals surface area (Å²) in [4.78, 5) is 22.9. The molecule has 0 saturated carbocycles. The van der Waals surface area contributed by atoms with E-state index in [1.54, 1.807) is 0 Å². The van der Waals surface area contributed by atoms with Crippen LogP contribution in [0.25, 0.3) is 0 Å². The van der Waals surface area contributed by atoms with E-state index >= 15 is 0 Å². The summed E-state index contributed by atoms with van der Waals surface area (Å²) < 4.78 is 41.7. The molecule has 0 fully saturated rings. The lowest BCUT2D eigenvalue weighted by atomic mass is 10.2. The number of benzene rings is 3. The van der Waals surface area contributed by atoms with Crippen LogP contribution in [-0.2, 0) is 10.0 Å². The lowest BCUT2D eigenvalue weighted by Gasteiger charge is -2.11. The van der Waals surface area contributed by atoms with E-state index in [9.17, 15) is 22.4 Å². The molecule has 0 saturated heterocycles. The van der Waals surface area contributed by atoms with Gasteiger partial charge in [-0.05, 0) is 66.7 Å². The predicted molar refractivity (Wildman–Crippen MR) is 112 cm³/mol. The van der Waals surface area contributed by atoms with E-state index in [1.807, 2.05) is 0 Å². The van der Waals surface area contributed by atoms with Crippen molar-refractivity contribution in [2.75, 3.05) is 10.0 Å². The highest BCUT2D eigenvalue weighted by Gasteiger charge is 2.18. The van der Waals surface area contributed by atoms with Crippen molar-refractivity contribution in [2.45, 2.75) is 4.90 Å². The molecule has 7 nitrogen and oxygen atoms in total. The second kappa shape index (κ2) is 8.52. The highest BCUT2D eigenvalue weighted by atomic mass is 35.5. The summed E-state index contributed by atoms with van der Waals surface area (Å²) in [5.41, 5.74) is 5.60. The summed E-state index contributed by atoms with van der Waals surface area (Å²) in [5, 5.41) is 2.82. The third kappa shape index (κ3) is 4.94. The van der Waals surface area contributed by atoms with Crippen LogP contribution in [-0.4, -0.2) is 20.2 Å². The van der Waals surface area contributed by atoms with Crippen LogP contribution in [0, 0.1) is 5.82 Å². The smallest absolute Gasteiger partial charge is 0.261 e. The number of primary amides is 1. The number of rotatable bonds is 6. The largest absolute Gasteiger partial charge is 0.366 e. The maximum atomic E-state index is 14.4. The predicted octanol–water partition coefficient (Wildman–Crippen LogP) is 3.63. The van der Waals surface area contributed by atoms with Crippen LogP contribution in [0.4, 0.5) is 15.8 Å². The number of hydrogen-bond acceptors (Lipinski definition) is 4. The Labute approximate surface area is 176 Å². The summed E-state index contributed by atoms with van der Waals surface area (Å²) in [6.45, 7) is 0. The maximum Gasteiger partial charge on any atom is 0.261 e. The third-order valence-electron chi connectivity index (χ3n) is 4.03. The van der Waals surface area contributed by atoms with Crippen molar-refractivity contribution in [3.63, 3.8) is 0 Å². The molecular weight excluding hydrogens is 433 g/mol. The van der Waals surface area contributed by atoms with Crippen molar-refractivity contribution in [3.8, 4) is 0 Å². The van der Waals surface area contributed by atoms with Crippen molar-refractivity contribution in [2.24, 2.45) is 5.73 Å². The monoisotopic (exact) mass is 447 g/mol. The summed E-state index contributed by atoms with van der Waals surface area (Å²) >= 11 is 5.77. The zero-order chi connectivity index (χ0) is 21.9. The second-order valence-electron chi connectivity index (χ2n) is 6.15. The van der Waals surface area contributed by atoms with Gasteiger partial charge in [0.1, 0.15) is 5.82 Å². The van der Waals surface area contributed by atoms with Crippen LogP contribution in [0.3, 0.4) is 0 Å². The van der Waals surface area contributed by atoms with Crippen molar-refractivity contribution < 1.29 is 22.4 Å². The van der Waals surface area contributed by atoms with Gasteiger partial charge in [0.05, 0.1) is 10.6 Å². The summed E-state index contributed by atoms with van der Waals surface area (Å²) in [6, 6.07) is 14.5. The fourth-order valence-electron chi connectivity index (χ4n) is 2.48. The average Bonchev–Trinajstić information content (AvgIpc) is 2.70. The average molecular weight is 448 g/mol. The van der Waals surface area contributed by atoms with Crippen LogP contribution in [0.15, 0.2) is 71.6 Å². The number of anilines is 2. The molecule has 0 spiro atoms. The highest BCUT2D eigenvalue weighted by molar-refractivity contribution is 7.92. The first kappa shape index (κ1) is 21.3. The van der Waals surface area contributed by atoms with E-state index in [4.69, 9.17) is 17.3 Å². The first-order valence-corrected chi connectivity index (χ1v) is 10.3. The number of carbonyl (C=O) groups excluding carboxylic acids is 2. The van der Waals surface area contributed by atoms with Gasteiger partial charge in [-0.3, -0.25) is 14.3 Å². The van der Waals surface area contributed by atoms with Gasteiger partial charge in [-0.15, -0.1) is 0 Å². The number of hydrogen-bond donors (Lipinski definition) is 3. The van der Waals surface area contributed by atoms with E-state index in [0.717, 1.165) is 18.2 Å². The summed E-state index contributed by atoms with van der Waals surface area (Å²) in [7, 11) is -4.10. The first-order chi connectivity index (χ1) is 14.2. The number of nitrogens with two attached hydrogens (primary N) is 1. The van der Waals surface area contributed by atoms with Gasteiger partial charge in [0.2, 0.25) is 5.91 Å². The molecule has 0 bridgehead atoms. The molecule has 30 heavy (non-hydrogen) atoms. The number of amides is 2. The highest BCUT2D eigenvalue weighted by Crippen LogP contribution is 2.22. The van der Waals surface area contributed by atoms with Crippen LogP contribution in [0.1, 0.15) is 20.7 Å². The van der Waals surface area contributed by atoms with Crippen molar-refractivity contribution in [1.29, 1.82) is 0 Å². The van der Waals surface area contributed by atoms with Gasteiger partial charge in [-0.1, -0.05) is 11.6 Å². The molecule has 0 aliphatic heterocycles. The van der Waals surface area contributed by atoms with Crippen LogP contribution >= 0.6 is 11.6 Å². The lowest BCUT2D eigenvalue weighted by Crippen LogP contribution is -2.16. The van der Waals surface area contributed by atoms with E-state index in [-0.39, 0.29) is 27.4 Å². The van der Waals surface area contributed by atoms with Gasteiger partial charge in [-0.25, -0.2) is 12.8 Å². The molecule has 0 heterocycles. The summed E-state index contributed by atoms with van der Waals surface area (Å²) in [6.07, 6.45) is 0. The number of sulfonamides is 1. The minimum Gasteiger partial charge on any atom is -0.366 e. The van der Waals surface area contributed by atoms with Crippen molar-refractivity contribution in [3.05, 3.63) is 88.7 Å². The molecule has 10 heteroatoms. The molecule has 3 aromatic rings. The van der Waals surface area contributed by atoms with Crippen LogP contribution in [0.5, 0.6) is 0 Å². The third-order valence-corrected chi connectivity index (χ3v) is 5.66. The Kier molecular flexibility index (Phi) is 6.04. The van der Waals surface area contributed by atoms with Crippen LogP contribution < -0.4 is 15.8 Å². The van der Waals surface area contributed by atoms with E-state index in [2.05, 4.69) is 10.0 Å². The Morgan fingerprint density at radius 3 is 2.07 bits per heavy atom. The molecule has 3 rings (SSSR count). The lowest BCUT2D eigenvalue weighted by molar-refractivity contribution is 0.0997. The molecule has 0 aromatic heterocycles. The first-order valence-electron chi connectivity index (χ1n) is 8.45. The van der Waals surface area contributed by atoms with Crippen LogP contribution in [0.2, 0.25) is 5.02 Å². The molecule has 0 unspecified atom stereocenters. The normalized spacial score (nSPS) is 11.0. The topological polar surface area (TPSA) is 118 Å². The zero-order valence-electron chi connectivity index (χ0n) is 15.2. The number of nitrogens with one attached hydrogen (secondary N) is 2. The van der Waals surface area contributed by atoms with Gasteiger partial charge < -0.3 is 11.1 Å². The Morgan fingerprint density at radius 2 is 1.50 bits per heavy atom. The fraction of sp³-hybridized carbons (Fsp3) is 0. The molecule has 0 radical (unpaired) electrons. The van der Waals surface area contributed by atoms with Gasteiger partial charge in [-0.2, -0.15) is 0 Å². The van der Waals surface area contributed by atoms with E-state index in [1.165, 1.54) is 48.5 Å². The van der Waals surface area contributed by atoms with Gasteiger partial charge in [0, 0.05) is 21.8 Å². The molecule has 2 amide bonds. The van der Waals surface area contributed by atoms with Crippen molar-refractivity contribution in [1.82, 2.24) is 0 Å². The van der Waals surface area contributed by atoms with Gasteiger partial charge >= 0.3 is 0 Å². The molecule has 154 valence electrons. The minimum atomic E-state index is -4.10. The molecule has 0 atom stereocenters. The Hall–Kier alpha value is -3.43.